The molecule has 94 valence electrons. The lowest BCUT2D eigenvalue weighted by Gasteiger charge is -2.16. The van der Waals surface area contributed by atoms with Gasteiger partial charge in [0.15, 0.2) is 6.10 Å². The van der Waals surface area contributed by atoms with E-state index < -0.39 is 18.2 Å². The number of halogens is 1. The molecule has 0 aliphatic rings. The molecule has 0 spiro atoms. The Kier molecular flexibility index (Phi) is 4.86. The van der Waals surface area contributed by atoms with Crippen molar-refractivity contribution in [1.29, 1.82) is 0 Å². The van der Waals surface area contributed by atoms with E-state index in [1.54, 1.807) is 19.9 Å². The van der Waals surface area contributed by atoms with E-state index in [0.29, 0.717) is 16.3 Å². The zero-order chi connectivity index (χ0) is 13.0. The maximum Gasteiger partial charge on any atom is 0.338 e. The first-order valence-corrected chi connectivity index (χ1v) is 5.50. The highest BCUT2D eigenvalue weighted by Gasteiger charge is 2.27. The molecule has 1 aromatic heterocycles. The number of pyridine rings is 1. The zero-order valence-corrected chi connectivity index (χ0v) is 10.3. The first-order chi connectivity index (χ1) is 7.97. The number of carbonyl (C=O) groups excluding carboxylic acids is 1. The molecular formula is C11H14ClNO4. The summed E-state index contributed by atoms with van der Waals surface area (Å²) in [6.07, 6.45) is -1.70. The van der Waals surface area contributed by atoms with Crippen LogP contribution < -0.4 is 0 Å². The molecule has 1 heterocycles. The van der Waals surface area contributed by atoms with Crippen LogP contribution in [0.4, 0.5) is 0 Å². The Morgan fingerprint density at radius 3 is 2.76 bits per heavy atom. The van der Waals surface area contributed by atoms with E-state index in [4.69, 9.17) is 11.6 Å². The monoisotopic (exact) mass is 259 g/mol. The number of hydrogen-bond acceptors (Lipinski definition) is 5. The zero-order valence-electron chi connectivity index (χ0n) is 9.55. The topological polar surface area (TPSA) is 79.7 Å². The van der Waals surface area contributed by atoms with Crippen LogP contribution in [0.15, 0.2) is 12.3 Å². The highest BCUT2D eigenvalue weighted by molar-refractivity contribution is 6.30. The summed E-state index contributed by atoms with van der Waals surface area (Å²) in [6, 6.07) is 1.56. The second-order valence-electron chi connectivity index (χ2n) is 3.52. The number of aliphatic hydroxyl groups is 2. The molecule has 6 heteroatoms. The predicted molar refractivity (Wildman–Crippen MR) is 61.6 cm³/mol. The van der Waals surface area contributed by atoms with Crippen LogP contribution in [0.3, 0.4) is 0 Å². The van der Waals surface area contributed by atoms with Gasteiger partial charge in [-0.05, 0) is 25.5 Å². The van der Waals surface area contributed by atoms with Gasteiger partial charge in [0.2, 0.25) is 0 Å². The van der Waals surface area contributed by atoms with E-state index in [1.807, 2.05) is 0 Å². The van der Waals surface area contributed by atoms with E-state index in [1.165, 1.54) is 6.20 Å². The van der Waals surface area contributed by atoms with E-state index >= 15 is 0 Å². The Balaban J connectivity index is 2.84. The number of nitrogens with zero attached hydrogens (tertiary/aromatic N) is 1. The summed E-state index contributed by atoms with van der Waals surface area (Å²) in [4.78, 5) is 15.1. The van der Waals surface area contributed by atoms with Gasteiger partial charge in [-0.1, -0.05) is 11.6 Å². The summed E-state index contributed by atoms with van der Waals surface area (Å²) in [7, 11) is 0. The molecule has 17 heavy (non-hydrogen) atoms. The summed E-state index contributed by atoms with van der Waals surface area (Å²) in [6.45, 7) is 3.47. The molecule has 0 saturated heterocycles. The Labute approximate surface area is 104 Å². The molecule has 0 bridgehead atoms. The van der Waals surface area contributed by atoms with E-state index in [9.17, 15) is 15.0 Å². The molecule has 0 aliphatic carbocycles. The summed E-state index contributed by atoms with van der Waals surface area (Å²) in [5.41, 5.74) is 0.965. The summed E-state index contributed by atoms with van der Waals surface area (Å²) in [5, 5.41) is 19.6. The highest BCUT2D eigenvalue weighted by Crippen LogP contribution is 2.21. The van der Waals surface area contributed by atoms with Gasteiger partial charge in [0.25, 0.3) is 0 Å². The summed E-state index contributed by atoms with van der Waals surface area (Å²) < 4.78 is 4.60. The molecule has 5 nitrogen and oxygen atoms in total. The lowest BCUT2D eigenvalue weighted by Crippen LogP contribution is -2.30. The number of aromatic nitrogens is 1. The van der Waals surface area contributed by atoms with Crippen LogP contribution in [0.1, 0.15) is 24.2 Å². The molecule has 2 atom stereocenters. The minimum absolute atomic E-state index is 0.139. The van der Waals surface area contributed by atoms with Gasteiger partial charge in [0, 0.05) is 11.8 Å². The average molecular weight is 260 g/mol. The Morgan fingerprint density at radius 1 is 1.59 bits per heavy atom. The van der Waals surface area contributed by atoms with Crippen LogP contribution in [-0.4, -0.2) is 33.9 Å². The largest absolute Gasteiger partial charge is 0.464 e. The number of carbonyl (C=O) groups is 1. The SMILES string of the molecule is CCOC(=O)C(O)C(O)c1cnc(Cl)c(C)c1. The van der Waals surface area contributed by atoms with Gasteiger partial charge in [-0.2, -0.15) is 0 Å². The first kappa shape index (κ1) is 13.9. The molecule has 0 aliphatic heterocycles. The molecular weight excluding hydrogens is 246 g/mol. The number of ether oxygens (including phenoxy) is 1. The molecule has 0 aromatic carbocycles. The average Bonchev–Trinajstić information content (AvgIpc) is 2.31. The highest BCUT2D eigenvalue weighted by atomic mass is 35.5. The second-order valence-corrected chi connectivity index (χ2v) is 3.88. The third kappa shape index (κ3) is 3.39. The fraction of sp³-hybridized carbons (Fsp3) is 0.455. The molecule has 2 N–H and O–H groups in total. The molecule has 0 radical (unpaired) electrons. The van der Waals surface area contributed by atoms with Crippen molar-refractivity contribution in [1.82, 2.24) is 4.98 Å². The molecule has 1 rings (SSSR count). The van der Waals surface area contributed by atoms with Crippen LogP contribution in [0.2, 0.25) is 5.15 Å². The van der Waals surface area contributed by atoms with Crippen molar-refractivity contribution in [3.63, 3.8) is 0 Å². The van der Waals surface area contributed by atoms with E-state index in [0.717, 1.165) is 0 Å². The quantitative estimate of drug-likeness (QED) is 0.623. The van der Waals surface area contributed by atoms with Crippen LogP contribution in [0.25, 0.3) is 0 Å². The van der Waals surface area contributed by atoms with Crippen LogP contribution in [0, 0.1) is 6.92 Å². The van der Waals surface area contributed by atoms with E-state index in [-0.39, 0.29) is 6.61 Å². The van der Waals surface area contributed by atoms with Gasteiger partial charge in [-0.15, -0.1) is 0 Å². The maximum atomic E-state index is 11.2. The van der Waals surface area contributed by atoms with E-state index in [2.05, 4.69) is 9.72 Å². The lowest BCUT2D eigenvalue weighted by molar-refractivity contribution is -0.159. The normalized spacial score (nSPS) is 14.2. The van der Waals surface area contributed by atoms with Crippen molar-refractivity contribution in [2.45, 2.75) is 26.1 Å². The molecule has 1 aromatic rings. The number of rotatable bonds is 4. The van der Waals surface area contributed by atoms with Gasteiger partial charge < -0.3 is 14.9 Å². The van der Waals surface area contributed by atoms with Crippen molar-refractivity contribution < 1.29 is 19.7 Å². The maximum absolute atomic E-state index is 11.2. The van der Waals surface area contributed by atoms with Crippen LogP contribution in [0.5, 0.6) is 0 Å². The summed E-state index contributed by atoms with van der Waals surface area (Å²) in [5.74, 6) is -0.868. The predicted octanol–water partition coefficient (Wildman–Crippen LogP) is 1.00. The lowest BCUT2D eigenvalue weighted by atomic mass is 10.1. The standard InChI is InChI=1S/C11H14ClNO4/c1-3-17-11(16)9(15)8(14)7-4-6(2)10(12)13-5-7/h4-5,8-9,14-15H,3H2,1-2H3. The van der Waals surface area contributed by atoms with Crippen molar-refractivity contribution in [3.8, 4) is 0 Å². The minimum Gasteiger partial charge on any atom is -0.464 e. The number of hydrogen-bond donors (Lipinski definition) is 2. The molecule has 0 saturated carbocycles. The second kappa shape index (κ2) is 5.95. The van der Waals surface area contributed by atoms with Crippen LogP contribution in [-0.2, 0) is 9.53 Å². The number of aryl methyl sites for hydroxylation is 1. The van der Waals surface area contributed by atoms with Gasteiger partial charge in [-0.25, -0.2) is 9.78 Å². The van der Waals surface area contributed by atoms with Crippen molar-refractivity contribution in [2.75, 3.05) is 6.61 Å². The fourth-order valence-corrected chi connectivity index (χ4v) is 1.38. The van der Waals surface area contributed by atoms with Gasteiger partial charge in [-0.3, -0.25) is 0 Å². The van der Waals surface area contributed by atoms with Crippen molar-refractivity contribution in [3.05, 3.63) is 28.5 Å². The first-order valence-electron chi connectivity index (χ1n) is 5.12. The molecule has 0 amide bonds. The fourth-order valence-electron chi connectivity index (χ4n) is 1.28. The van der Waals surface area contributed by atoms with Gasteiger partial charge >= 0.3 is 5.97 Å². The molecule has 0 fully saturated rings. The summed E-state index contributed by atoms with van der Waals surface area (Å²) >= 11 is 5.73. The van der Waals surface area contributed by atoms with Crippen molar-refractivity contribution in [2.24, 2.45) is 0 Å². The van der Waals surface area contributed by atoms with Crippen molar-refractivity contribution >= 4 is 17.6 Å². The number of esters is 1. The third-order valence-electron chi connectivity index (χ3n) is 2.20. The smallest absolute Gasteiger partial charge is 0.338 e. The molecule has 2 unspecified atom stereocenters. The third-order valence-corrected chi connectivity index (χ3v) is 2.60. The Hall–Kier alpha value is -1.17. The number of aliphatic hydroxyl groups excluding tert-OH is 2. The minimum atomic E-state index is -1.63. The van der Waals surface area contributed by atoms with Gasteiger partial charge in [0.1, 0.15) is 11.3 Å². The Bertz CT molecular complexity index is 410. The Morgan fingerprint density at radius 2 is 2.24 bits per heavy atom. The van der Waals surface area contributed by atoms with Crippen LogP contribution >= 0.6 is 11.6 Å². The van der Waals surface area contributed by atoms with Gasteiger partial charge in [0.05, 0.1) is 6.61 Å².